The van der Waals surface area contributed by atoms with Crippen LogP contribution in [0.5, 0.6) is 5.75 Å². The van der Waals surface area contributed by atoms with Gasteiger partial charge >= 0.3 is 0 Å². The van der Waals surface area contributed by atoms with Gasteiger partial charge in [0.2, 0.25) is 0 Å². The highest BCUT2D eigenvalue weighted by Crippen LogP contribution is 2.55. The Kier molecular flexibility index (Phi) is 6.28. The van der Waals surface area contributed by atoms with Gasteiger partial charge in [0.15, 0.2) is 11.2 Å². The highest BCUT2D eigenvalue weighted by Gasteiger charge is 2.64. The number of carbonyl (C=O) groups excluding carboxylic acids is 2. The standard InChI is InChI=1S/C30H26Cl2FN5O3/c1-15(2)37-26-25(35-27(37)19-9-8-18(36(3)4)14-24(19)41-5)28(39)38(23-13-17(32)7-11-21(23)33)30(26)20-10-6-16(31)12-22(20)34-29(30)40/h6-15H,1-5H3,(H,34,40). The Morgan fingerprint density at radius 2 is 1.73 bits per heavy atom. The molecule has 1 unspecified atom stereocenters. The number of anilines is 3. The van der Waals surface area contributed by atoms with Crippen molar-refractivity contribution in [1.29, 1.82) is 0 Å². The van der Waals surface area contributed by atoms with Gasteiger partial charge in [-0.2, -0.15) is 0 Å². The largest absolute Gasteiger partial charge is 0.496 e. The topological polar surface area (TPSA) is 79.7 Å². The lowest BCUT2D eigenvalue weighted by molar-refractivity contribution is -0.119. The minimum absolute atomic E-state index is 0.0322. The van der Waals surface area contributed by atoms with Gasteiger partial charge in [-0.15, -0.1) is 0 Å². The summed E-state index contributed by atoms with van der Waals surface area (Å²) in [6.45, 7) is 3.87. The summed E-state index contributed by atoms with van der Waals surface area (Å²) < 4.78 is 23.1. The number of imidazole rings is 1. The Balaban J connectivity index is 1.72. The van der Waals surface area contributed by atoms with E-state index >= 15 is 4.39 Å². The van der Waals surface area contributed by atoms with Gasteiger partial charge in [-0.3, -0.25) is 14.5 Å². The highest BCUT2D eigenvalue weighted by molar-refractivity contribution is 6.32. The molecular weight excluding hydrogens is 568 g/mol. The van der Waals surface area contributed by atoms with Crippen LogP contribution in [0.4, 0.5) is 21.5 Å². The molecule has 0 saturated heterocycles. The zero-order valence-electron chi connectivity index (χ0n) is 22.9. The maximum absolute atomic E-state index is 15.5. The lowest BCUT2D eigenvalue weighted by Crippen LogP contribution is -2.51. The Bertz CT molecular complexity index is 1770. The molecular formula is C30H26Cl2FN5O3. The SMILES string of the molecule is COc1cc(N(C)C)ccc1-c1nc2c(n1C(C)C)C1(C(=O)Nc3cc(Cl)ccc31)N(c1cc(Cl)ccc1F)C2=O. The van der Waals surface area contributed by atoms with Crippen LogP contribution in [-0.4, -0.2) is 42.6 Å². The number of methoxy groups -OCH3 is 1. The Morgan fingerprint density at radius 1 is 1.02 bits per heavy atom. The monoisotopic (exact) mass is 593 g/mol. The van der Waals surface area contributed by atoms with Crippen molar-refractivity contribution in [3.63, 3.8) is 0 Å². The Labute approximate surface area is 246 Å². The second-order valence-electron chi connectivity index (χ2n) is 10.5. The molecule has 1 aromatic heterocycles. The van der Waals surface area contributed by atoms with Crippen LogP contribution in [0.25, 0.3) is 11.4 Å². The molecule has 0 saturated carbocycles. The predicted molar refractivity (Wildman–Crippen MR) is 158 cm³/mol. The van der Waals surface area contributed by atoms with Gasteiger partial charge in [0.25, 0.3) is 11.8 Å². The number of benzene rings is 3. The van der Waals surface area contributed by atoms with Gasteiger partial charge in [-0.1, -0.05) is 29.3 Å². The van der Waals surface area contributed by atoms with Crippen molar-refractivity contribution in [3.05, 3.63) is 87.4 Å². The summed E-state index contributed by atoms with van der Waals surface area (Å²) in [5, 5.41) is 3.49. The van der Waals surface area contributed by atoms with Crippen LogP contribution >= 0.6 is 23.2 Å². The van der Waals surface area contributed by atoms with E-state index in [4.69, 9.17) is 32.9 Å². The van der Waals surface area contributed by atoms with Crippen molar-refractivity contribution in [2.24, 2.45) is 0 Å². The third kappa shape index (κ3) is 3.75. The zero-order valence-corrected chi connectivity index (χ0v) is 24.4. The van der Waals surface area contributed by atoms with Crippen LogP contribution in [0.15, 0.2) is 54.6 Å². The Morgan fingerprint density at radius 3 is 2.41 bits per heavy atom. The highest BCUT2D eigenvalue weighted by atomic mass is 35.5. The molecule has 8 nitrogen and oxygen atoms in total. The first-order valence-corrected chi connectivity index (χ1v) is 13.7. The normalized spacial score (nSPS) is 17.3. The molecule has 3 heterocycles. The fourth-order valence-corrected chi connectivity index (χ4v) is 6.14. The van der Waals surface area contributed by atoms with Crippen LogP contribution in [0.2, 0.25) is 10.0 Å². The lowest BCUT2D eigenvalue weighted by Gasteiger charge is -2.36. The van der Waals surface area contributed by atoms with E-state index in [1.807, 2.05) is 55.6 Å². The summed E-state index contributed by atoms with van der Waals surface area (Å²) in [6, 6.07) is 14.2. The number of fused-ring (bicyclic) bond motifs is 4. The fourth-order valence-electron chi connectivity index (χ4n) is 5.80. The van der Waals surface area contributed by atoms with E-state index in [0.29, 0.717) is 39.1 Å². The molecule has 41 heavy (non-hydrogen) atoms. The van der Waals surface area contributed by atoms with E-state index in [1.54, 1.807) is 25.3 Å². The molecule has 2 aliphatic heterocycles. The second kappa shape index (κ2) is 9.49. The number of carbonyl (C=O) groups is 2. The van der Waals surface area contributed by atoms with Gasteiger partial charge in [0, 0.05) is 53.2 Å². The van der Waals surface area contributed by atoms with E-state index in [0.717, 1.165) is 10.6 Å². The van der Waals surface area contributed by atoms with Gasteiger partial charge in [0.1, 0.15) is 17.4 Å². The number of nitrogens with one attached hydrogen (secondary N) is 1. The number of halogens is 3. The first-order valence-electron chi connectivity index (χ1n) is 12.9. The van der Waals surface area contributed by atoms with Crippen LogP contribution in [0, 0.1) is 5.82 Å². The van der Waals surface area contributed by atoms with Crippen molar-refractivity contribution in [3.8, 4) is 17.1 Å². The quantitative estimate of drug-likeness (QED) is 0.285. The van der Waals surface area contributed by atoms with E-state index in [2.05, 4.69) is 5.32 Å². The summed E-state index contributed by atoms with van der Waals surface area (Å²) in [5.41, 5.74) is 0.848. The number of hydrogen-bond acceptors (Lipinski definition) is 5. The lowest BCUT2D eigenvalue weighted by atomic mass is 9.87. The molecule has 2 aliphatic rings. The maximum Gasteiger partial charge on any atom is 0.280 e. The minimum Gasteiger partial charge on any atom is -0.496 e. The molecule has 1 atom stereocenters. The van der Waals surface area contributed by atoms with Crippen LogP contribution in [0.3, 0.4) is 0 Å². The van der Waals surface area contributed by atoms with Gasteiger partial charge in [-0.05, 0) is 56.3 Å². The van der Waals surface area contributed by atoms with E-state index < -0.39 is 23.2 Å². The molecule has 1 spiro atoms. The number of rotatable bonds is 5. The summed E-state index contributed by atoms with van der Waals surface area (Å²) >= 11 is 12.6. The summed E-state index contributed by atoms with van der Waals surface area (Å²) in [5.74, 6) is -0.890. The molecule has 0 fully saturated rings. The van der Waals surface area contributed by atoms with Crippen molar-refractivity contribution in [2.75, 3.05) is 36.3 Å². The number of aromatic nitrogens is 2. The van der Waals surface area contributed by atoms with Gasteiger partial charge in [-0.25, -0.2) is 9.37 Å². The van der Waals surface area contributed by atoms with Gasteiger partial charge in [0.05, 0.1) is 24.1 Å². The number of ether oxygens (including phenoxy) is 1. The molecule has 6 rings (SSSR count). The minimum atomic E-state index is -1.79. The molecule has 0 bridgehead atoms. The molecule has 2 amide bonds. The van der Waals surface area contributed by atoms with Crippen LogP contribution < -0.4 is 19.9 Å². The Hall–Kier alpha value is -4.08. The molecule has 3 aromatic carbocycles. The predicted octanol–water partition coefficient (Wildman–Crippen LogP) is 6.51. The second-order valence-corrected chi connectivity index (χ2v) is 11.3. The summed E-state index contributed by atoms with van der Waals surface area (Å²) in [6.07, 6.45) is 0. The number of hydrogen-bond donors (Lipinski definition) is 1. The number of nitrogens with zero attached hydrogens (tertiary/aromatic N) is 4. The molecule has 4 aromatic rings. The molecule has 0 aliphatic carbocycles. The fraction of sp³-hybridized carbons (Fsp3) is 0.233. The summed E-state index contributed by atoms with van der Waals surface area (Å²) in [4.78, 5) is 36.5. The van der Waals surface area contributed by atoms with Crippen molar-refractivity contribution in [1.82, 2.24) is 9.55 Å². The molecule has 1 N–H and O–H groups in total. The third-order valence-electron chi connectivity index (χ3n) is 7.55. The van der Waals surface area contributed by atoms with E-state index in [1.165, 1.54) is 18.2 Å². The summed E-state index contributed by atoms with van der Waals surface area (Å²) in [7, 11) is 5.41. The number of amides is 2. The average Bonchev–Trinajstić information content (AvgIpc) is 3.53. The van der Waals surface area contributed by atoms with Crippen LogP contribution in [-0.2, 0) is 10.3 Å². The van der Waals surface area contributed by atoms with Crippen molar-refractivity contribution >= 4 is 52.1 Å². The molecule has 0 radical (unpaired) electrons. The zero-order chi connectivity index (χ0) is 29.4. The first kappa shape index (κ1) is 27.1. The van der Waals surface area contributed by atoms with Crippen molar-refractivity contribution in [2.45, 2.75) is 25.4 Å². The molecule has 210 valence electrons. The van der Waals surface area contributed by atoms with Crippen LogP contribution in [0.1, 0.15) is 41.6 Å². The van der Waals surface area contributed by atoms with E-state index in [-0.39, 0.29) is 22.4 Å². The smallest absolute Gasteiger partial charge is 0.280 e. The van der Waals surface area contributed by atoms with Crippen molar-refractivity contribution < 1.29 is 18.7 Å². The third-order valence-corrected chi connectivity index (χ3v) is 8.02. The van der Waals surface area contributed by atoms with Gasteiger partial charge < -0.3 is 19.5 Å². The molecule has 11 heteroatoms. The maximum atomic E-state index is 15.5. The average molecular weight is 594 g/mol. The first-order chi connectivity index (χ1) is 19.5. The van der Waals surface area contributed by atoms with E-state index in [9.17, 15) is 9.59 Å².